The smallest absolute Gasteiger partial charge is 0.407 e. The first kappa shape index (κ1) is 14.4. The van der Waals surface area contributed by atoms with Crippen LogP contribution in [-0.2, 0) is 16.0 Å². The van der Waals surface area contributed by atoms with Crippen molar-refractivity contribution in [2.24, 2.45) is 0 Å². The van der Waals surface area contributed by atoms with Gasteiger partial charge in [0.05, 0.1) is 6.04 Å². The van der Waals surface area contributed by atoms with Gasteiger partial charge in [-0.15, -0.1) is 0 Å². The Hall–Kier alpha value is -2.04. The van der Waals surface area contributed by atoms with E-state index in [2.05, 4.69) is 5.32 Å². The van der Waals surface area contributed by atoms with Crippen molar-refractivity contribution in [3.8, 4) is 0 Å². The van der Waals surface area contributed by atoms with Crippen LogP contribution in [0.5, 0.6) is 0 Å². The van der Waals surface area contributed by atoms with Crippen molar-refractivity contribution in [3.05, 3.63) is 35.4 Å². The van der Waals surface area contributed by atoms with E-state index in [1.54, 1.807) is 26.8 Å². The van der Waals surface area contributed by atoms with E-state index >= 15 is 0 Å². The summed E-state index contributed by atoms with van der Waals surface area (Å²) in [5.41, 5.74) is 1.12. The van der Waals surface area contributed by atoms with Crippen LogP contribution in [0.25, 0.3) is 0 Å². The lowest BCUT2D eigenvalue weighted by Crippen LogP contribution is -2.43. The second-order valence-corrected chi connectivity index (χ2v) is 5.97. The lowest BCUT2D eigenvalue weighted by Gasteiger charge is -2.23. The van der Waals surface area contributed by atoms with Crippen LogP contribution < -0.4 is 5.32 Å². The molecule has 0 aliphatic heterocycles. The Bertz CT molecular complexity index is 533. The summed E-state index contributed by atoms with van der Waals surface area (Å²) in [4.78, 5) is 23.3. The molecule has 0 spiro atoms. The molecule has 5 nitrogen and oxygen atoms in total. The number of benzene rings is 1. The van der Waals surface area contributed by atoms with E-state index in [0.29, 0.717) is 6.42 Å². The van der Waals surface area contributed by atoms with Crippen LogP contribution in [0, 0.1) is 0 Å². The number of fused-ring (bicyclic) bond motifs is 1. The summed E-state index contributed by atoms with van der Waals surface area (Å²) in [6, 6.07) is 6.89. The maximum atomic E-state index is 11.8. The van der Waals surface area contributed by atoms with E-state index in [-0.39, 0.29) is 0 Å². The van der Waals surface area contributed by atoms with Crippen LogP contribution >= 0.6 is 0 Å². The number of hydrogen-bond acceptors (Lipinski definition) is 3. The van der Waals surface area contributed by atoms with Crippen LogP contribution in [0.15, 0.2) is 24.3 Å². The van der Waals surface area contributed by atoms with Gasteiger partial charge in [0, 0.05) is 0 Å². The van der Waals surface area contributed by atoms with Crippen molar-refractivity contribution in [2.45, 2.75) is 44.8 Å². The number of ether oxygens (including phenoxy) is 1. The van der Waals surface area contributed by atoms with Crippen molar-refractivity contribution in [2.75, 3.05) is 0 Å². The van der Waals surface area contributed by atoms with Crippen molar-refractivity contribution in [3.63, 3.8) is 0 Å². The fourth-order valence-corrected chi connectivity index (χ4v) is 2.49. The fraction of sp³-hybridized carbons (Fsp3) is 0.467. The van der Waals surface area contributed by atoms with Gasteiger partial charge in [0.2, 0.25) is 0 Å². The van der Waals surface area contributed by atoms with E-state index in [4.69, 9.17) is 4.74 Å². The number of amides is 1. The molecular formula is C15H19NO4. The van der Waals surface area contributed by atoms with Gasteiger partial charge in [-0.1, -0.05) is 24.3 Å². The third-order valence-electron chi connectivity index (χ3n) is 3.20. The predicted molar refractivity (Wildman–Crippen MR) is 73.7 cm³/mol. The minimum atomic E-state index is -0.934. The first-order valence-corrected chi connectivity index (χ1v) is 6.58. The minimum absolute atomic E-state index is 0.472. The summed E-state index contributed by atoms with van der Waals surface area (Å²) in [7, 11) is 0. The van der Waals surface area contributed by atoms with E-state index in [9.17, 15) is 14.7 Å². The molecule has 0 saturated heterocycles. The highest BCUT2D eigenvalue weighted by Gasteiger charge is 2.38. The van der Waals surface area contributed by atoms with E-state index in [0.717, 1.165) is 11.1 Å². The second-order valence-electron chi connectivity index (χ2n) is 5.97. The molecule has 1 aliphatic carbocycles. The molecule has 0 fully saturated rings. The van der Waals surface area contributed by atoms with Gasteiger partial charge in [0.25, 0.3) is 0 Å². The summed E-state index contributed by atoms with van der Waals surface area (Å²) in [6.45, 7) is 5.31. The van der Waals surface area contributed by atoms with Crippen LogP contribution in [0.3, 0.4) is 0 Å². The van der Waals surface area contributed by atoms with Gasteiger partial charge >= 0.3 is 12.1 Å². The number of carboxylic acids is 1. The normalized spacial score (nSPS) is 21.1. The molecule has 2 atom stereocenters. The zero-order valence-corrected chi connectivity index (χ0v) is 11.8. The number of hydrogen-bond donors (Lipinski definition) is 2. The molecule has 1 aliphatic rings. The molecule has 2 rings (SSSR count). The second kappa shape index (κ2) is 5.15. The summed E-state index contributed by atoms with van der Waals surface area (Å²) < 4.78 is 5.18. The SMILES string of the molecule is CC(C)(C)OC(=O)NC1Cc2ccccc2C1C(=O)O. The highest BCUT2D eigenvalue weighted by atomic mass is 16.6. The highest BCUT2D eigenvalue weighted by Crippen LogP contribution is 2.33. The molecule has 0 saturated carbocycles. The van der Waals surface area contributed by atoms with E-state index in [1.807, 2.05) is 18.2 Å². The molecule has 108 valence electrons. The van der Waals surface area contributed by atoms with Gasteiger partial charge in [-0.2, -0.15) is 0 Å². The number of alkyl carbamates (subject to hydrolysis) is 1. The molecular weight excluding hydrogens is 258 g/mol. The molecule has 0 bridgehead atoms. The highest BCUT2D eigenvalue weighted by molar-refractivity contribution is 5.80. The minimum Gasteiger partial charge on any atom is -0.481 e. The molecule has 20 heavy (non-hydrogen) atoms. The van der Waals surface area contributed by atoms with Crippen LogP contribution in [0.2, 0.25) is 0 Å². The average Bonchev–Trinajstić information content (AvgIpc) is 2.63. The largest absolute Gasteiger partial charge is 0.481 e. The van der Waals surface area contributed by atoms with Crippen LogP contribution in [0.1, 0.15) is 37.8 Å². The third-order valence-corrected chi connectivity index (χ3v) is 3.20. The molecule has 0 heterocycles. The zero-order valence-electron chi connectivity index (χ0n) is 11.8. The molecule has 1 aromatic carbocycles. The topological polar surface area (TPSA) is 75.6 Å². The summed E-state index contributed by atoms with van der Waals surface area (Å²) in [6.07, 6.45) is -0.0756. The van der Waals surface area contributed by atoms with E-state index in [1.165, 1.54) is 0 Å². The molecule has 0 radical (unpaired) electrons. The van der Waals surface area contributed by atoms with Gasteiger partial charge in [-0.3, -0.25) is 4.79 Å². The zero-order chi connectivity index (χ0) is 14.9. The van der Waals surface area contributed by atoms with Gasteiger partial charge in [0.15, 0.2) is 0 Å². The van der Waals surface area contributed by atoms with E-state index < -0.39 is 29.6 Å². The maximum absolute atomic E-state index is 11.8. The summed E-state index contributed by atoms with van der Waals surface area (Å²) >= 11 is 0. The van der Waals surface area contributed by atoms with Gasteiger partial charge in [0.1, 0.15) is 11.5 Å². The number of carbonyl (C=O) groups excluding carboxylic acids is 1. The Kier molecular flexibility index (Phi) is 3.70. The summed E-state index contributed by atoms with van der Waals surface area (Å²) in [5, 5.41) is 12.1. The molecule has 2 N–H and O–H groups in total. The molecule has 1 aromatic rings. The van der Waals surface area contributed by atoms with Crippen LogP contribution in [-0.4, -0.2) is 28.8 Å². The molecule has 0 aromatic heterocycles. The van der Waals surface area contributed by atoms with Gasteiger partial charge in [-0.25, -0.2) is 4.79 Å². The number of rotatable bonds is 2. The number of nitrogens with one attached hydrogen (secondary N) is 1. The van der Waals surface area contributed by atoms with Gasteiger partial charge < -0.3 is 15.2 Å². The Morgan fingerprint density at radius 3 is 2.55 bits per heavy atom. The molecule has 2 unspecified atom stereocenters. The first-order chi connectivity index (χ1) is 9.28. The molecule has 1 amide bonds. The Morgan fingerprint density at radius 2 is 1.95 bits per heavy atom. The lowest BCUT2D eigenvalue weighted by molar-refractivity contribution is -0.139. The van der Waals surface area contributed by atoms with Crippen LogP contribution in [0.4, 0.5) is 4.79 Å². The standard InChI is InChI=1S/C15H19NO4/c1-15(2,3)20-14(19)16-11-8-9-6-4-5-7-10(9)12(11)13(17)18/h4-7,11-12H,8H2,1-3H3,(H,16,19)(H,17,18). The summed E-state index contributed by atoms with van der Waals surface area (Å²) in [5.74, 6) is -1.66. The Balaban J connectivity index is 2.14. The number of carboxylic acid groups (broad SMARTS) is 1. The van der Waals surface area contributed by atoms with Gasteiger partial charge in [-0.05, 0) is 38.3 Å². The Labute approximate surface area is 117 Å². The van der Waals surface area contributed by atoms with Crippen molar-refractivity contribution in [1.29, 1.82) is 0 Å². The quantitative estimate of drug-likeness (QED) is 0.869. The number of aliphatic carboxylic acids is 1. The van der Waals surface area contributed by atoms with Crippen molar-refractivity contribution >= 4 is 12.1 Å². The Morgan fingerprint density at radius 1 is 1.30 bits per heavy atom. The van der Waals surface area contributed by atoms with Crippen molar-refractivity contribution in [1.82, 2.24) is 5.32 Å². The molecule has 5 heteroatoms. The van der Waals surface area contributed by atoms with Crippen molar-refractivity contribution < 1.29 is 19.4 Å². The fourth-order valence-electron chi connectivity index (χ4n) is 2.49. The number of carbonyl (C=O) groups is 2. The predicted octanol–water partition coefficient (Wildman–Crippen LogP) is 2.30. The third kappa shape index (κ3) is 3.10. The lowest BCUT2D eigenvalue weighted by atomic mass is 9.99. The average molecular weight is 277 g/mol. The first-order valence-electron chi connectivity index (χ1n) is 6.58. The monoisotopic (exact) mass is 277 g/mol. The maximum Gasteiger partial charge on any atom is 0.407 e.